The molecule has 0 bridgehead atoms. The van der Waals surface area contributed by atoms with Crippen LogP contribution in [0.5, 0.6) is 5.75 Å². The zero-order chi connectivity index (χ0) is 15.7. The maximum atomic E-state index is 11.6. The van der Waals surface area contributed by atoms with Crippen molar-refractivity contribution in [3.05, 3.63) is 24.5 Å². The maximum Gasteiger partial charge on any atom is 0.136 e. The smallest absolute Gasteiger partial charge is 0.136 e. The average molecular weight is 301 g/mol. The van der Waals surface area contributed by atoms with Crippen molar-refractivity contribution in [3.8, 4) is 5.75 Å². The van der Waals surface area contributed by atoms with E-state index < -0.39 is 0 Å². The number of ether oxygens (including phenoxy) is 1. The van der Waals surface area contributed by atoms with E-state index in [9.17, 15) is 4.79 Å². The summed E-state index contributed by atoms with van der Waals surface area (Å²) in [5.74, 6) is 1.11. The third-order valence-electron chi connectivity index (χ3n) is 4.08. The van der Waals surface area contributed by atoms with Crippen LogP contribution in [0.15, 0.2) is 24.5 Å². The Bertz CT molecular complexity index is 678. The van der Waals surface area contributed by atoms with Crippen molar-refractivity contribution in [1.82, 2.24) is 14.9 Å². The van der Waals surface area contributed by atoms with Crippen molar-refractivity contribution in [2.75, 3.05) is 6.61 Å². The Morgan fingerprint density at radius 3 is 2.95 bits per heavy atom. The average Bonchev–Trinajstić information content (AvgIpc) is 2.87. The number of carbonyl (C=O) groups is 1. The molecule has 0 aliphatic carbocycles. The largest absolute Gasteiger partial charge is 0.492 e. The fraction of sp³-hybridized carbons (Fsp3) is 0.529. The number of nitrogens with zero attached hydrogens (tertiary/aromatic N) is 2. The Labute approximate surface area is 130 Å². The summed E-state index contributed by atoms with van der Waals surface area (Å²) in [5.41, 5.74) is 2.05. The Kier molecular flexibility index (Phi) is 4.16. The fourth-order valence-electron chi connectivity index (χ4n) is 3.04. The number of benzene rings is 1. The van der Waals surface area contributed by atoms with Gasteiger partial charge in [0.15, 0.2) is 0 Å². The molecule has 5 heteroatoms. The molecule has 2 heterocycles. The number of fused-ring (bicyclic) bond motifs is 1. The molecular weight excluding hydrogens is 278 g/mol. The molecule has 0 unspecified atom stereocenters. The van der Waals surface area contributed by atoms with Gasteiger partial charge in [0.1, 0.15) is 18.1 Å². The standard InChI is InChI=1S/C17H23N3O2/c1-11(2)20-10-18-16-8-15(4-5-17(16)20)22-9-13-7-14(21)6-12(3)19-13/h4-5,8,10-13,19H,6-7,9H2,1-3H3/t12-,13-/m0/s1. The predicted octanol–water partition coefficient (Wildman–Crippen LogP) is 2.71. The van der Waals surface area contributed by atoms with E-state index in [0.29, 0.717) is 31.3 Å². The van der Waals surface area contributed by atoms with Crippen molar-refractivity contribution < 1.29 is 9.53 Å². The van der Waals surface area contributed by atoms with Gasteiger partial charge in [-0.3, -0.25) is 4.79 Å². The Hall–Kier alpha value is -1.88. The molecule has 2 atom stereocenters. The highest BCUT2D eigenvalue weighted by atomic mass is 16.5. The van der Waals surface area contributed by atoms with E-state index in [4.69, 9.17) is 4.74 Å². The van der Waals surface area contributed by atoms with E-state index in [0.717, 1.165) is 16.8 Å². The van der Waals surface area contributed by atoms with Gasteiger partial charge in [0.05, 0.1) is 17.4 Å². The first-order valence-corrected chi connectivity index (χ1v) is 7.90. The van der Waals surface area contributed by atoms with Crippen molar-refractivity contribution in [2.45, 2.75) is 51.7 Å². The van der Waals surface area contributed by atoms with Crippen LogP contribution >= 0.6 is 0 Å². The molecule has 22 heavy (non-hydrogen) atoms. The molecule has 1 aromatic heterocycles. The highest BCUT2D eigenvalue weighted by Crippen LogP contribution is 2.23. The van der Waals surface area contributed by atoms with Crippen LogP contribution in [0.25, 0.3) is 11.0 Å². The van der Waals surface area contributed by atoms with E-state index in [1.807, 2.05) is 31.5 Å². The molecule has 1 N–H and O–H groups in total. The van der Waals surface area contributed by atoms with Crippen LogP contribution < -0.4 is 10.1 Å². The lowest BCUT2D eigenvalue weighted by atomic mass is 9.99. The second-order valence-corrected chi connectivity index (χ2v) is 6.42. The molecule has 3 rings (SSSR count). The number of rotatable bonds is 4. The van der Waals surface area contributed by atoms with Crippen LogP contribution in [0, 0.1) is 0 Å². The number of carbonyl (C=O) groups excluding carboxylic acids is 1. The molecular formula is C17H23N3O2. The lowest BCUT2D eigenvalue weighted by molar-refractivity contribution is -0.121. The quantitative estimate of drug-likeness (QED) is 0.943. The summed E-state index contributed by atoms with van der Waals surface area (Å²) in [6, 6.07) is 6.69. The minimum Gasteiger partial charge on any atom is -0.492 e. The van der Waals surface area contributed by atoms with Gasteiger partial charge < -0.3 is 14.6 Å². The van der Waals surface area contributed by atoms with E-state index in [-0.39, 0.29) is 12.1 Å². The van der Waals surface area contributed by atoms with Crippen LogP contribution in [0.2, 0.25) is 0 Å². The van der Waals surface area contributed by atoms with Crippen molar-refractivity contribution in [3.63, 3.8) is 0 Å². The summed E-state index contributed by atoms with van der Waals surface area (Å²) in [6.45, 7) is 6.82. The van der Waals surface area contributed by atoms with Gasteiger partial charge in [-0.15, -0.1) is 0 Å². The molecule has 118 valence electrons. The molecule has 0 saturated carbocycles. The van der Waals surface area contributed by atoms with E-state index in [2.05, 4.69) is 28.7 Å². The van der Waals surface area contributed by atoms with E-state index in [1.165, 1.54) is 0 Å². The summed E-state index contributed by atoms with van der Waals surface area (Å²) in [6.07, 6.45) is 3.03. The van der Waals surface area contributed by atoms with Crippen molar-refractivity contribution in [2.24, 2.45) is 0 Å². The molecule has 5 nitrogen and oxygen atoms in total. The zero-order valence-electron chi connectivity index (χ0n) is 13.4. The third kappa shape index (κ3) is 3.14. The minimum absolute atomic E-state index is 0.0974. The molecule has 1 aromatic carbocycles. The third-order valence-corrected chi connectivity index (χ3v) is 4.08. The summed E-state index contributed by atoms with van der Waals surface area (Å²) in [4.78, 5) is 16.1. The molecule has 2 aromatic rings. The first kappa shape index (κ1) is 15.0. The van der Waals surface area contributed by atoms with Crippen LogP contribution in [0.1, 0.15) is 39.7 Å². The molecule has 0 radical (unpaired) electrons. The number of aromatic nitrogens is 2. The number of hydrogen-bond donors (Lipinski definition) is 1. The lowest BCUT2D eigenvalue weighted by Crippen LogP contribution is -2.47. The van der Waals surface area contributed by atoms with Crippen LogP contribution in [-0.4, -0.2) is 34.0 Å². The summed E-state index contributed by atoms with van der Waals surface area (Å²) >= 11 is 0. The number of ketones is 1. The Morgan fingerprint density at radius 2 is 2.23 bits per heavy atom. The first-order chi connectivity index (χ1) is 10.5. The molecule has 0 amide bonds. The summed E-state index contributed by atoms with van der Waals surface area (Å²) < 4.78 is 8.00. The van der Waals surface area contributed by atoms with Gasteiger partial charge >= 0.3 is 0 Å². The van der Waals surface area contributed by atoms with Crippen molar-refractivity contribution >= 4 is 16.8 Å². The molecule has 1 fully saturated rings. The van der Waals surface area contributed by atoms with E-state index >= 15 is 0 Å². The summed E-state index contributed by atoms with van der Waals surface area (Å²) in [5, 5.41) is 3.41. The van der Waals surface area contributed by atoms with Crippen LogP contribution in [0.3, 0.4) is 0 Å². The van der Waals surface area contributed by atoms with Gasteiger partial charge in [0.25, 0.3) is 0 Å². The lowest BCUT2D eigenvalue weighted by Gasteiger charge is -2.27. The van der Waals surface area contributed by atoms with Gasteiger partial charge in [-0.2, -0.15) is 0 Å². The Morgan fingerprint density at radius 1 is 1.41 bits per heavy atom. The van der Waals surface area contributed by atoms with Crippen molar-refractivity contribution in [1.29, 1.82) is 0 Å². The van der Waals surface area contributed by atoms with Gasteiger partial charge in [0, 0.05) is 37.0 Å². The second-order valence-electron chi connectivity index (χ2n) is 6.42. The number of Topliss-reactive ketones (excluding diaryl/α,β-unsaturated/α-hetero) is 1. The van der Waals surface area contributed by atoms with Gasteiger partial charge in [0.2, 0.25) is 0 Å². The molecule has 1 aliphatic heterocycles. The van der Waals surface area contributed by atoms with Crippen LogP contribution in [-0.2, 0) is 4.79 Å². The van der Waals surface area contributed by atoms with Gasteiger partial charge in [-0.25, -0.2) is 4.98 Å². The zero-order valence-corrected chi connectivity index (χ0v) is 13.4. The number of piperidine rings is 1. The molecule has 1 aliphatic rings. The maximum absolute atomic E-state index is 11.6. The highest BCUT2D eigenvalue weighted by Gasteiger charge is 2.24. The first-order valence-electron chi connectivity index (χ1n) is 7.90. The predicted molar refractivity (Wildman–Crippen MR) is 86.2 cm³/mol. The molecule has 0 spiro atoms. The topological polar surface area (TPSA) is 56.2 Å². The minimum atomic E-state index is 0.0974. The summed E-state index contributed by atoms with van der Waals surface area (Å²) in [7, 11) is 0. The number of nitrogens with one attached hydrogen (secondary N) is 1. The van der Waals surface area contributed by atoms with Gasteiger partial charge in [-0.1, -0.05) is 0 Å². The number of imidazole rings is 1. The second kappa shape index (κ2) is 6.08. The van der Waals surface area contributed by atoms with Crippen LogP contribution in [0.4, 0.5) is 0 Å². The fourth-order valence-corrected chi connectivity index (χ4v) is 3.04. The SMILES string of the molecule is CC(C)n1cnc2cc(OC[C@@H]3CC(=O)C[C@H](C)N3)ccc21. The Balaban J connectivity index is 1.68. The normalized spacial score (nSPS) is 22.5. The monoisotopic (exact) mass is 301 g/mol. The number of hydrogen-bond acceptors (Lipinski definition) is 4. The van der Waals surface area contributed by atoms with Gasteiger partial charge in [-0.05, 0) is 32.9 Å². The van der Waals surface area contributed by atoms with E-state index in [1.54, 1.807) is 0 Å². The highest BCUT2D eigenvalue weighted by molar-refractivity contribution is 5.80. The molecule has 1 saturated heterocycles.